The van der Waals surface area contributed by atoms with E-state index in [0.29, 0.717) is 6.54 Å². The molecule has 0 saturated carbocycles. The Morgan fingerprint density at radius 2 is 1.62 bits per heavy atom. The summed E-state index contributed by atoms with van der Waals surface area (Å²) in [5, 5.41) is 2.80. The van der Waals surface area contributed by atoms with Gasteiger partial charge in [-0.3, -0.25) is 13.9 Å². The molecule has 3 aromatic rings. The second-order valence-corrected chi connectivity index (χ2v) is 10.8. The first-order valence-electron chi connectivity index (χ1n) is 12.0. The van der Waals surface area contributed by atoms with E-state index in [-0.39, 0.29) is 24.6 Å². The normalized spacial score (nSPS) is 12.0. The molecule has 0 radical (unpaired) electrons. The van der Waals surface area contributed by atoms with E-state index >= 15 is 0 Å². The summed E-state index contributed by atoms with van der Waals surface area (Å²) in [7, 11) is -3.94. The molecule has 0 saturated heterocycles. The van der Waals surface area contributed by atoms with Crippen LogP contribution in [-0.4, -0.2) is 50.5 Å². The topological polar surface area (TPSA) is 86.8 Å². The molecule has 0 heterocycles. The molecule has 1 N–H and O–H groups in total. The van der Waals surface area contributed by atoms with E-state index in [0.717, 1.165) is 33.3 Å². The van der Waals surface area contributed by atoms with Crippen LogP contribution < -0.4 is 9.62 Å². The second-order valence-electron chi connectivity index (χ2n) is 8.86. The number of anilines is 1. The lowest BCUT2D eigenvalue weighted by Crippen LogP contribution is -2.53. The number of sulfonamides is 1. The fourth-order valence-corrected chi connectivity index (χ4v) is 4.82. The fourth-order valence-electron chi connectivity index (χ4n) is 3.98. The summed E-state index contributed by atoms with van der Waals surface area (Å²) >= 11 is 0. The van der Waals surface area contributed by atoms with Gasteiger partial charge in [0.05, 0.1) is 11.9 Å². The smallest absolute Gasteiger partial charge is 0.244 e. The van der Waals surface area contributed by atoms with Crippen molar-refractivity contribution in [2.24, 2.45) is 0 Å². The molecule has 0 spiro atoms. The van der Waals surface area contributed by atoms with E-state index in [9.17, 15) is 22.4 Å². The summed E-state index contributed by atoms with van der Waals surface area (Å²) in [4.78, 5) is 28.5. The zero-order chi connectivity index (χ0) is 27.0. The Kier molecular flexibility index (Phi) is 9.41. The number of hydrogen-bond donors (Lipinski definition) is 1. The molecule has 0 unspecified atom stereocenters. The number of nitrogens with one attached hydrogen (secondary N) is 1. The van der Waals surface area contributed by atoms with Crippen LogP contribution in [0.1, 0.15) is 23.6 Å². The number of aryl methyl sites for hydroxylation is 1. The minimum Gasteiger partial charge on any atom is -0.355 e. The molecule has 196 valence electrons. The number of carbonyl (C=O) groups excluding carboxylic acids is 2. The van der Waals surface area contributed by atoms with Gasteiger partial charge in [-0.1, -0.05) is 66.2 Å². The highest BCUT2D eigenvalue weighted by molar-refractivity contribution is 7.92. The Hall–Kier alpha value is -3.72. The summed E-state index contributed by atoms with van der Waals surface area (Å²) < 4.78 is 40.1. The van der Waals surface area contributed by atoms with Crippen molar-refractivity contribution in [2.75, 3.05) is 23.7 Å². The first-order chi connectivity index (χ1) is 17.6. The first kappa shape index (κ1) is 27.9. The lowest BCUT2D eigenvalue weighted by atomic mass is 10.0. The Morgan fingerprint density at radius 3 is 2.22 bits per heavy atom. The summed E-state index contributed by atoms with van der Waals surface area (Å²) in [6, 6.07) is 21.0. The zero-order valence-electron chi connectivity index (χ0n) is 21.2. The summed E-state index contributed by atoms with van der Waals surface area (Å²) in [5.74, 6) is -1.55. The van der Waals surface area contributed by atoms with Crippen molar-refractivity contribution >= 4 is 27.5 Å². The number of likely N-dealkylation sites (N-methyl/N-ethyl adjacent to an activating group) is 1. The SMILES string of the molecule is CCNC(=O)[C@@H](Cc1ccccc1)N(Cc1ccc(C)cc1)C(=O)CN(c1cccc(F)c1)S(C)(=O)=O. The van der Waals surface area contributed by atoms with Gasteiger partial charge in [-0.2, -0.15) is 0 Å². The Morgan fingerprint density at radius 1 is 0.946 bits per heavy atom. The van der Waals surface area contributed by atoms with Crippen LogP contribution >= 0.6 is 0 Å². The average Bonchev–Trinajstić information content (AvgIpc) is 2.85. The van der Waals surface area contributed by atoms with Gasteiger partial charge in [0.2, 0.25) is 21.8 Å². The van der Waals surface area contributed by atoms with Crippen LogP contribution in [0.15, 0.2) is 78.9 Å². The van der Waals surface area contributed by atoms with Crippen LogP contribution in [0.2, 0.25) is 0 Å². The van der Waals surface area contributed by atoms with Gasteiger partial charge in [0.25, 0.3) is 0 Å². The van der Waals surface area contributed by atoms with Crippen LogP contribution in [0.4, 0.5) is 10.1 Å². The monoisotopic (exact) mass is 525 g/mol. The second kappa shape index (κ2) is 12.5. The van der Waals surface area contributed by atoms with E-state index in [1.165, 1.54) is 23.1 Å². The maximum Gasteiger partial charge on any atom is 0.244 e. The van der Waals surface area contributed by atoms with Gasteiger partial charge < -0.3 is 10.2 Å². The number of hydrogen-bond acceptors (Lipinski definition) is 4. The quantitative estimate of drug-likeness (QED) is 0.414. The van der Waals surface area contributed by atoms with Crippen LogP contribution in [0, 0.1) is 12.7 Å². The molecule has 0 aliphatic heterocycles. The number of rotatable bonds is 11. The Balaban J connectivity index is 2.03. The van der Waals surface area contributed by atoms with Crippen molar-refractivity contribution in [3.05, 3.63) is 101 Å². The van der Waals surface area contributed by atoms with Crippen LogP contribution in [0.25, 0.3) is 0 Å². The van der Waals surface area contributed by atoms with Gasteiger partial charge in [-0.05, 0) is 43.2 Å². The van der Waals surface area contributed by atoms with Gasteiger partial charge in [0.15, 0.2) is 0 Å². The maximum atomic E-state index is 13.9. The Bertz CT molecular complexity index is 1310. The molecule has 2 amide bonds. The van der Waals surface area contributed by atoms with Crippen molar-refractivity contribution in [3.63, 3.8) is 0 Å². The third-order valence-electron chi connectivity index (χ3n) is 5.87. The third kappa shape index (κ3) is 7.88. The fraction of sp³-hybridized carbons (Fsp3) is 0.286. The number of benzene rings is 3. The first-order valence-corrected chi connectivity index (χ1v) is 13.8. The van der Waals surface area contributed by atoms with Gasteiger partial charge in [-0.15, -0.1) is 0 Å². The molecular weight excluding hydrogens is 493 g/mol. The number of carbonyl (C=O) groups is 2. The molecule has 3 rings (SSSR count). The van der Waals surface area contributed by atoms with E-state index in [1.54, 1.807) is 6.92 Å². The molecule has 9 heteroatoms. The van der Waals surface area contributed by atoms with Gasteiger partial charge in [0, 0.05) is 19.5 Å². The molecule has 0 bridgehead atoms. The predicted molar refractivity (Wildman–Crippen MR) is 143 cm³/mol. The lowest BCUT2D eigenvalue weighted by molar-refractivity contribution is -0.140. The van der Waals surface area contributed by atoms with Crippen molar-refractivity contribution in [1.29, 1.82) is 0 Å². The lowest BCUT2D eigenvalue weighted by Gasteiger charge is -2.33. The molecule has 37 heavy (non-hydrogen) atoms. The van der Waals surface area contributed by atoms with E-state index < -0.39 is 34.3 Å². The average molecular weight is 526 g/mol. The van der Waals surface area contributed by atoms with Crippen molar-refractivity contribution < 1.29 is 22.4 Å². The molecular formula is C28H32FN3O4S. The van der Waals surface area contributed by atoms with E-state index in [2.05, 4.69) is 5.32 Å². The van der Waals surface area contributed by atoms with Crippen molar-refractivity contribution in [1.82, 2.24) is 10.2 Å². The molecule has 0 aromatic heterocycles. The van der Waals surface area contributed by atoms with E-state index in [4.69, 9.17) is 0 Å². The number of halogens is 1. The zero-order valence-corrected chi connectivity index (χ0v) is 22.0. The third-order valence-corrected chi connectivity index (χ3v) is 7.01. The highest BCUT2D eigenvalue weighted by atomic mass is 32.2. The molecule has 7 nitrogen and oxygen atoms in total. The highest BCUT2D eigenvalue weighted by Gasteiger charge is 2.32. The van der Waals surface area contributed by atoms with Crippen molar-refractivity contribution in [2.45, 2.75) is 32.9 Å². The molecule has 0 fully saturated rings. The van der Waals surface area contributed by atoms with Crippen LogP contribution in [-0.2, 0) is 32.6 Å². The molecule has 3 aromatic carbocycles. The largest absolute Gasteiger partial charge is 0.355 e. The van der Waals surface area contributed by atoms with Crippen LogP contribution in [0.5, 0.6) is 0 Å². The summed E-state index contributed by atoms with van der Waals surface area (Å²) in [5.41, 5.74) is 2.72. The summed E-state index contributed by atoms with van der Waals surface area (Å²) in [6.45, 7) is 3.62. The summed E-state index contributed by atoms with van der Waals surface area (Å²) in [6.07, 6.45) is 1.20. The number of amides is 2. The molecule has 0 aliphatic carbocycles. The van der Waals surface area contributed by atoms with E-state index in [1.807, 2.05) is 61.5 Å². The number of nitrogens with zero attached hydrogens (tertiary/aromatic N) is 2. The standard InChI is InChI=1S/C28H32FN3O4S/c1-4-30-28(34)26(17-22-9-6-5-7-10-22)31(19-23-15-13-21(2)14-16-23)27(33)20-32(37(3,35)36)25-12-8-11-24(29)18-25/h5-16,18,26H,4,17,19-20H2,1-3H3,(H,30,34)/t26-/m1/s1. The van der Waals surface area contributed by atoms with Crippen LogP contribution in [0.3, 0.4) is 0 Å². The highest BCUT2D eigenvalue weighted by Crippen LogP contribution is 2.21. The van der Waals surface area contributed by atoms with Gasteiger partial charge >= 0.3 is 0 Å². The Labute approximate surface area is 218 Å². The van der Waals surface area contributed by atoms with Gasteiger partial charge in [-0.25, -0.2) is 12.8 Å². The molecule has 0 aliphatic rings. The minimum absolute atomic E-state index is 0.0313. The molecule has 1 atom stereocenters. The van der Waals surface area contributed by atoms with Crippen molar-refractivity contribution in [3.8, 4) is 0 Å². The maximum absolute atomic E-state index is 13.9. The minimum atomic E-state index is -3.94. The van der Waals surface area contributed by atoms with Gasteiger partial charge in [0.1, 0.15) is 18.4 Å². The predicted octanol–water partition coefficient (Wildman–Crippen LogP) is 3.68.